The number of benzene rings is 1. The fraction of sp³-hybridized carbons (Fsp3) is 0.333. The van der Waals surface area contributed by atoms with Gasteiger partial charge in [-0.1, -0.05) is 6.07 Å². The van der Waals surface area contributed by atoms with Gasteiger partial charge in [0.1, 0.15) is 0 Å². The van der Waals surface area contributed by atoms with E-state index >= 15 is 0 Å². The molecule has 1 N–H and O–H groups in total. The number of carbonyl (C=O) groups is 1. The molecule has 23 heavy (non-hydrogen) atoms. The predicted molar refractivity (Wildman–Crippen MR) is 87.8 cm³/mol. The first-order valence-electron chi connectivity index (χ1n) is 7.26. The van der Waals surface area contributed by atoms with E-state index in [2.05, 4.69) is 9.71 Å². The molecular formula is C15H17N3O3S2. The molecule has 1 aliphatic heterocycles. The number of nitrogens with one attached hydrogen (secondary N) is 1. The normalized spacial score (nSPS) is 14.6. The number of amides is 1. The molecule has 2 heterocycles. The standard InChI is InChI=1S/C15H17N3O3S2/c1-11-17-13(10-22-11)9-16-23(20,21)14-5-2-4-12(8-14)15(19)18-6-3-7-18/h2,4-5,8,10,16H,3,6-7,9H2,1H3. The summed E-state index contributed by atoms with van der Waals surface area (Å²) >= 11 is 1.47. The van der Waals surface area contributed by atoms with E-state index in [4.69, 9.17) is 0 Å². The van der Waals surface area contributed by atoms with Gasteiger partial charge in [0.15, 0.2) is 0 Å². The number of carbonyl (C=O) groups excluding carboxylic acids is 1. The van der Waals surface area contributed by atoms with E-state index in [0.29, 0.717) is 11.3 Å². The lowest BCUT2D eigenvalue weighted by molar-refractivity contribution is 0.0651. The number of thiazole rings is 1. The van der Waals surface area contributed by atoms with Crippen molar-refractivity contribution in [1.29, 1.82) is 0 Å². The average Bonchev–Trinajstić information content (AvgIpc) is 2.89. The Morgan fingerprint density at radius 2 is 2.17 bits per heavy atom. The second kappa shape index (κ2) is 6.38. The summed E-state index contributed by atoms with van der Waals surface area (Å²) in [6.07, 6.45) is 0.998. The highest BCUT2D eigenvalue weighted by molar-refractivity contribution is 7.89. The maximum Gasteiger partial charge on any atom is 0.253 e. The first-order valence-corrected chi connectivity index (χ1v) is 9.62. The summed E-state index contributed by atoms with van der Waals surface area (Å²) in [5, 5.41) is 2.71. The second-order valence-electron chi connectivity index (χ2n) is 5.36. The Bertz CT molecular complexity index is 826. The highest BCUT2D eigenvalue weighted by Gasteiger charge is 2.23. The lowest BCUT2D eigenvalue weighted by atomic mass is 10.1. The topological polar surface area (TPSA) is 79.4 Å². The fourth-order valence-corrected chi connectivity index (χ4v) is 3.90. The molecule has 0 saturated carbocycles. The first-order chi connectivity index (χ1) is 11.0. The van der Waals surface area contributed by atoms with Gasteiger partial charge in [-0.3, -0.25) is 4.79 Å². The minimum Gasteiger partial charge on any atom is -0.339 e. The minimum absolute atomic E-state index is 0.0934. The maximum absolute atomic E-state index is 12.4. The molecule has 0 radical (unpaired) electrons. The van der Waals surface area contributed by atoms with Crippen molar-refractivity contribution in [3.05, 3.63) is 45.9 Å². The van der Waals surface area contributed by atoms with Crippen LogP contribution in [0.15, 0.2) is 34.5 Å². The number of hydrogen-bond donors (Lipinski definition) is 1. The van der Waals surface area contributed by atoms with Crippen molar-refractivity contribution in [1.82, 2.24) is 14.6 Å². The summed E-state index contributed by atoms with van der Waals surface area (Å²) in [6, 6.07) is 6.15. The van der Waals surface area contributed by atoms with Crippen LogP contribution in [0.5, 0.6) is 0 Å². The van der Waals surface area contributed by atoms with Crippen LogP contribution in [0.4, 0.5) is 0 Å². The Labute approximate surface area is 139 Å². The number of sulfonamides is 1. The van der Waals surface area contributed by atoms with E-state index in [9.17, 15) is 13.2 Å². The third kappa shape index (κ3) is 3.60. The largest absolute Gasteiger partial charge is 0.339 e. The number of aromatic nitrogens is 1. The number of hydrogen-bond acceptors (Lipinski definition) is 5. The SMILES string of the molecule is Cc1nc(CNS(=O)(=O)c2cccc(C(=O)N3CCC3)c2)cs1. The van der Waals surface area contributed by atoms with Gasteiger partial charge >= 0.3 is 0 Å². The second-order valence-corrected chi connectivity index (χ2v) is 8.19. The number of aryl methyl sites for hydroxylation is 1. The number of rotatable bonds is 5. The smallest absolute Gasteiger partial charge is 0.253 e. The van der Waals surface area contributed by atoms with Crippen molar-refractivity contribution < 1.29 is 13.2 Å². The molecule has 6 nitrogen and oxygen atoms in total. The van der Waals surface area contributed by atoms with Crippen LogP contribution in [-0.2, 0) is 16.6 Å². The molecule has 1 fully saturated rings. The highest BCUT2D eigenvalue weighted by Crippen LogP contribution is 2.17. The van der Waals surface area contributed by atoms with Crippen LogP contribution in [0, 0.1) is 6.92 Å². The van der Waals surface area contributed by atoms with E-state index in [0.717, 1.165) is 24.5 Å². The highest BCUT2D eigenvalue weighted by atomic mass is 32.2. The van der Waals surface area contributed by atoms with Gasteiger partial charge < -0.3 is 4.90 Å². The molecule has 1 aromatic carbocycles. The van der Waals surface area contributed by atoms with Crippen LogP contribution >= 0.6 is 11.3 Å². The van der Waals surface area contributed by atoms with Crippen LogP contribution < -0.4 is 4.72 Å². The third-order valence-electron chi connectivity index (χ3n) is 3.64. The quantitative estimate of drug-likeness (QED) is 0.890. The summed E-state index contributed by atoms with van der Waals surface area (Å²) in [5.41, 5.74) is 1.08. The van der Waals surface area contributed by atoms with Gasteiger partial charge in [0.05, 0.1) is 22.1 Å². The summed E-state index contributed by atoms with van der Waals surface area (Å²) in [7, 11) is -3.68. The van der Waals surface area contributed by atoms with Crippen molar-refractivity contribution in [2.45, 2.75) is 24.8 Å². The lowest BCUT2D eigenvalue weighted by Crippen LogP contribution is -2.42. The third-order valence-corrected chi connectivity index (χ3v) is 5.87. The van der Waals surface area contributed by atoms with Crippen molar-refractivity contribution in [3.63, 3.8) is 0 Å². The van der Waals surface area contributed by atoms with Gasteiger partial charge in [0.25, 0.3) is 5.91 Å². The number of nitrogens with zero attached hydrogens (tertiary/aromatic N) is 2. The average molecular weight is 351 g/mol. The van der Waals surface area contributed by atoms with Gasteiger partial charge in [-0.25, -0.2) is 18.1 Å². The summed E-state index contributed by atoms with van der Waals surface area (Å²) < 4.78 is 27.3. The lowest BCUT2D eigenvalue weighted by Gasteiger charge is -2.30. The van der Waals surface area contributed by atoms with Crippen molar-refractivity contribution in [2.75, 3.05) is 13.1 Å². The first kappa shape index (κ1) is 16.1. The van der Waals surface area contributed by atoms with Crippen LogP contribution in [0.1, 0.15) is 27.5 Å². The van der Waals surface area contributed by atoms with E-state index < -0.39 is 10.0 Å². The predicted octanol–water partition coefficient (Wildman–Crippen LogP) is 1.78. The number of likely N-dealkylation sites (tertiary alicyclic amines) is 1. The molecule has 1 aromatic heterocycles. The van der Waals surface area contributed by atoms with Crippen LogP contribution in [0.25, 0.3) is 0 Å². The molecule has 1 amide bonds. The molecular weight excluding hydrogens is 334 g/mol. The Morgan fingerprint density at radius 3 is 2.78 bits per heavy atom. The molecule has 1 aliphatic rings. The van der Waals surface area contributed by atoms with Gasteiger partial charge in [-0.05, 0) is 31.5 Å². The molecule has 0 spiro atoms. The molecule has 8 heteroatoms. The van der Waals surface area contributed by atoms with Crippen molar-refractivity contribution in [2.24, 2.45) is 0 Å². The van der Waals surface area contributed by atoms with Gasteiger partial charge in [0.2, 0.25) is 10.0 Å². The van der Waals surface area contributed by atoms with Crippen LogP contribution in [0.3, 0.4) is 0 Å². The summed E-state index contributed by atoms with van der Waals surface area (Å²) in [6.45, 7) is 3.47. The zero-order chi connectivity index (χ0) is 16.4. The van der Waals surface area contributed by atoms with Gasteiger partial charge in [0, 0.05) is 24.0 Å². The zero-order valence-corrected chi connectivity index (χ0v) is 14.3. The van der Waals surface area contributed by atoms with E-state index in [1.165, 1.54) is 23.5 Å². The minimum atomic E-state index is -3.68. The Kier molecular flexibility index (Phi) is 4.47. The molecule has 0 atom stereocenters. The van der Waals surface area contributed by atoms with Crippen LogP contribution in [-0.4, -0.2) is 37.3 Å². The summed E-state index contributed by atoms with van der Waals surface area (Å²) in [5.74, 6) is -0.122. The molecule has 3 rings (SSSR count). The maximum atomic E-state index is 12.4. The Hall–Kier alpha value is -1.77. The molecule has 0 unspecified atom stereocenters. The zero-order valence-electron chi connectivity index (χ0n) is 12.7. The van der Waals surface area contributed by atoms with Crippen LogP contribution in [0.2, 0.25) is 0 Å². The molecule has 0 bridgehead atoms. The monoisotopic (exact) mass is 351 g/mol. The van der Waals surface area contributed by atoms with Crippen molar-refractivity contribution >= 4 is 27.3 Å². The van der Waals surface area contributed by atoms with Crippen molar-refractivity contribution in [3.8, 4) is 0 Å². The molecule has 1 saturated heterocycles. The van der Waals surface area contributed by atoms with E-state index in [1.807, 2.05) is 12.3 Å². The summed E-state index contributed by atoms with van der Waals surface area (Å²) in [4.78, 5) is 18.2. The molecule has 0 aliphatic carbocycles. The molecule has 2 aromatic rings. The van der Waals surface area contributed by atoms with E-state index in [1.54, 1.807) is 17.0 Å². The van der Waals surface area contributed by atoms with E-state index in [-0.39, 0.29) is 17.3 Å². The fourth-order valence-electron chi connectivity index (χ4n) is 2.24. The Balaban J connectivity index is 1.75. The Morgan fingerprint density at radius 1 is 1.39 bits per heavy atom. The van der Waals surface area contributed by atoms with Gasteiger partial charge in [-0.15, -0.1) is 11.3 Å². The van der Waals surface area contributed by atoms with Gasteiger partial charge in [-0.2, -0.15) is 0 Å². The molecule has 122 valence electrons.